The van der Waals surface area contributed by atoms with Gasteiger partial charge in [-0.3, -0.25) is 14.9 Å². The van der Waals surface area contributed by atoms with E-state index in [2.05, 4.69) is 10.4 Å². The quantitative estimate of drug-likeness (QED) is 0.344. The highest BCUT2D eigenvalue weighted by atomic mass is 19.1. The van der Waals surface area contributed by atoms with Crippen LogP contribution in [0.1, 0.15) is 16.1 Å². The third-order valence-electron chi connectivity index (χ3n) is 4.93. The van der Waals surface area contributed by atoms with E-state index < -0.39 is 4.92 Å². The summed E-state index contributed by atoms with van der Waals surface area (Å²) in [5.41, 5.74) is 2.93. The zero-order chi connectivity index (χ0) is 22.5. The lowest BCUT2D eigenvalue weighted by molar-refractivity contribution is -0.384. The van der Waals surface area contributed by atoms with Crippen LogP contribution in [-0.4, -0.2) is 27.2 Å². The maximum Gasteiger partial charge on any atom is 0.270 e. The summed E-state index contributed by atoms with van der Waals surface area (Å²) in [6.07, 6.45) is 0.670. The van der Waals surface area contributed by atoms with Crippen LogP contribution in [0.5, 0.6) is 0 Å². The third kappa shape index (κ3) is 4.70. The van der Waals surface area contributed by atoms with Gasteiger partial charge in [0.25, 0.3) is 11.6 Å². The Bertz CT molecular complexity index is 1240. The first kappa shape index (κ1) is 20.9. The summed E-state index contributed by atoms with van der Waals surface area (Å²) in [4.78, 5) is 23.4. The fraction of sp³-hybridized carbons (Fsp3) is 0.0833. The molecule has 1 N–H and O–H groups in total. The summed E-state index contributed by atoms with van der Waals surface area (Å²) < 4.78 is 14.7. The molecule has 0 fully saturated rings. The van der Waals surface area contributed by atoms with Gasteiger partial charge in [-0.05, 0) is 54.4 Å². The normalized spacial score (nSPS) is 10.7. The number of hydrogen-bond donors (Lipinski definition) is 1. The molecule has 0 saturated heterocycles. The number of benzene rings is 3. The summed E-state index contributed by atoms with van der Waals surface area (Å²) in [7, 11) is 0. The van der Waals surface area contributed by atoms with Crippen molar-refractivity contribution in [1.29, 1.82) is 0 Å². The largest absolute Gasteiger partial charge is 0.350 e. The third-order valence-corrected chi connectivity index (χ3v) is 4.93. The van der Waals surface area contributed by atoms with Crippen LogP contribution in [0, 0.1) is 15.9 Å². The molecular formula is C24H19FN4O3. The molecule has 0 aliphatic rings. The van der Waals surface area contributed by atoms with Gasteiger partial charge >= 0.3 is 0 Å². The number of rotatable bonds is 7. The second-order valence-electron chi connectivity index (χ2n) is 7.10. The topological polar surface area (TPSA) is 90.1 Å². The zero-order valence-electron chi connectivity index (χ0n) is 16.9. The van der Waals surface area contributed by atoms with Gasteiger partial charge in [0.1, 0.15) is 11.5 Å². The molecule has 1 heterocycles. The predicted octanol–water partition coefficient (Wildman–Crippen LogP) is 4.56. The Balaban J connectivity index is 1.63. The van der Waals surface area contributed by atoms with Crippen molar-refractivity contribution in [2.75, 3.05) is 6.54 Å². The van der Waals surface area contributed by atoms with Gasteiger partial charge in [0.15, 0.2) is 0 Å². The predicted molar refractivity (Wildman–Crippen MR) is 118 cm³/mol. The van der Waals surface area contributed by atoms with Crippen molar-refractivity contribution in [3.8, 4) is 16.9 Å². The standard InChI is InChI=1S/C24H19FN4O3/c25-19-8-6-18(7-9-19)22-16-23(24(30)26-15-14-17-4-2-1-3-5-17)28(27-22)20-10-12-21(13-11-20)29(31)32/h1-13,16H,14-15H2,(H,26,30). The summed E-state index contributed by atoms with van der Waals surface area (Å²) in [6.45, 7) is 0.431. The molecule has 32 heavy (non-hydrogen) atoms. The Morgan fingerprint density at radius 3 is 2.34 bits per heavy atom. The summed E-state index contributed by atoms with van der Waals surface area (Å²) in [6, 6.07) is 23.0. The van der Waals surface area contributed by atoms with Crippen LogP contribution in [0.4, 0.5) is 10.1 Å². The highest BCUT2D eigenvalue weighted by molar-refractivity contribution is 5.94. The molecule has 7 nitrogen and oxygen atoms in total. The van der Waals surface area contributed by atoms with Gasteiger partial charge in [0, 0.05) is 24.2 Å². The van der Waals surface area contributed by atoms with Gasteiger partial charge < -0.3 is 5.32 Å². The van der Waals surface area contributed by atoms with Crippen molar-refractivity contribution in [2.45, 2.75) is 6.42 Å². The molecule has 0 spiro atoms. The summed E-state index contributed by atoms with van der Waals surface area (Å²) >= 11 is 0. The molecule has 8 heteroatoms. The van der Waals surface area contributed by atoms with Crippen molar-refractivity contribution < 1.29 is 14.1 Å². The molecule has 3 aromatic carbocycles. The average Bonchev–Trinajstić information content (AvgIpc) is 3.26. The van der Waals surface area contributed by atoms with Crippen LogP contribution < -0.4 is 5.32 Å². The van der Waals surface area contributed by atoms with Crippen LogP contribution in [0.3, 0.4) is 0 Å². The number of carbonyl (C=O) groups is 1. The lowest BCUT2D eigenvalue weighted by Gasteiger charge is -2.08. The molecule has 4 rings (SSSR count). The molecular weight excluding hydrogens is 411 g/mol. The minimum absolute atomic E-state index is 0.0615. The van der Waals surface area contributed by atoms with E-state index in [9.17, 15) is 19.3 Å². The molecule has 0 bridgehead atoms. The van der Waals surface area contributed by atoms with Crippen molar-refractivity contribution in [2.24, 2.45) is 0 Å². The Labute approximate surface area is 183 Å². The van der Waals surface area contributed by atoms with E-state index >= 15 is 0 Å². The Morgan fingerprint density at radius 1 is 1.00 bits per heavy atom. The maximum absolute atomic E-state index is 13.3. The SMILES string of the molecule is O=C(NCCc1ccccc1)c1cc(-c2ccc(F)cc2)nn1-c1ccc([N+](=O)[O-])cc1. The Hall–Kier alpha value is -4.33. The minimum atomic E-state index is -0.492. The molecule has 1 aromatic heterocycles. The Morgan fingerprint density at radius 2 is 1.69 bits per heavy atom. The fourth-order valence-electron chi connectivity index (χ4n) is 3.27. The van der Waals surface area contributed by atoms with Crippen LogP contribution in [-0.2, 0) is 6.42 Å². The molecule has 0 radical (unpaired) electrons. The van der Waals surface area contributed by atoms with Gasteiger partial charge in [-0.15, -0.1) is 0 Å². The number of nitrogens with one attached hydrogen (secondary N) is 1. The molecule has 0 aliphatic carbocycles. The lowest BCUT2D eigenvalue weighted by atomic mass is 10.1. The van der Waals surface area contributed by atoms with Crippen molar-refractivity contribution in [3.63, 3.8) is 0 Å². The van der Waals surface area contributed by atoms with E-state index in [-0.39, 0.29) is 23.1 Å². The number of non-ortho nitro benzene ring substituents is 1. The molecule has 1 amide bonds. The number of hydrogen-bond acceptors (Lipinski definition) is 4. The molecule has 0 atom stereocenters. The van der Waals surface area contributed by atoms with Crippen molar-refractivity contribution in [1.82, 2.24) is 15.1 Å². The highest BCUT2D eigenvalue weighted by Crippen LogP contribution is 2.23. The maximum atomic E-state index is 13.3. The van der Waals surface area contributed by atoms with Gasteiger partial charge in [-0.2, -0.15) is 5.10 Å². The van der Waals surface area contributed by atoms with E-state index in [0.29, 0.717) is 29.9 Å². The minimum Gasteiger partial charge on any atom is -0.350 e. The molecule has 0 saturated carbocycles. The van der Waals surface area contributed by atoms with Crippen LogP contribution in [0.25, 0.3) is 16.9 Å². The number of halogens is 1. The monoisotopic (exact) mass is 430 g/mol. The second-order valence-corrected chi connectivity index (χ2v) is 7.10. The fourth-order valence-corrected chi connectivity index (χ4v) is 3.27. The van der Waals surface area contributed by atoms with E-state index in [1.54, 1.807) is 18.2 Å². The molecule has 160 valence electrons. The smallest absolute Gasteiger partial charge is 0.270 e. The first-order chi connectivity index (χ1) is 15.5. The number of carbonyl (C=O) groups excluding carboxylic acids is 1. The van der Waals surface area contributed by atoms with E-state index in [0.717, 1.165) is 5.56 Å². The number of nitrogens with zero attached hydrogens (tertiary/aromatic N) is 3. The first-order valence-electron chi connectivity index (χ1n) is 9.94. The molecule has 0 aliphatic heterocycles. The number of nitro groups is 1. The van der Waals surface area contributed by atoms with E-state index in [1.807, 2.05) is 30.3 Å². The van der Waals surface area contributed by atoms with Gasteiger partial charge in [0.2, 0.25) is 0 Å². The zero-order valence-corrected chi connectivity index (χ0v) is 16.9. The Kier molecular flexibility index (Phi) is 6.03. The van der Waals surface area contributed by atoms with E-state index in [1.165, 1.54) is 41.1 Å². The summed E-state index contributed by atoms with van der Waals surface area (Å²) in [5, 5.41) is 18.4. The van der Waals surface area contributed by atoms with Gasteiger partial charge in [-0.25, -0.2) is 9.07 Å². The average molecular weight is 430 g/mol. The molecule has 4 aromatic rings. The lowest BCUT2D eigenvalue weighted by Crippen LogP contribution is -2.27. The summed E-state index contributed by atoms with van der Waals surface area (Å²) in [5.74, 6) is -0.706. The second kappa shape index (κ2) is 9.22. The van der Waals surface area contributed by atoms with Gasteiger partial charge in [0.05, 0.1) is 16.3 Å². The number of amides is 1. The van der Waals surface area contributed by atoms with Crippen LogP contribution in [0.2, 0.25) is 0 Å². The van der Waals surface area contributed by atoms with Crippen molar-refractivity contribution in [3.05, 3.63) is 112 Å². The number of nitro benzene ring substituents is 1. The van der Waals surface area contributed by atoms with Crippen LogP contribution in [0.15, 0.2) is 84.9 Å². The highest BCUT2D eigenvalue weighted by Gasteiger charge is 2.18. The van der Waals surface area contributed by atoms with Gasteiger partial charge in [-0.1, -0.05) is 30.3 Å². The molecule has 0 unspecified atom stereocenters. The van der Waals surface area contributed by atoms with Crippen LogP contribution >= 0.6 is 0 Å². The van der Waals surface area contributed by atoms with E-state index in [4.69, 9.17) is 0 Å². The van der Waals surface area contributed by atoms with Crippen molar-refractivity contribution >= 4 is 11.6 Å². The first-order valence-corrected chi connectivity index (χ1v) is 9.94. The number of aromatic nitrogens is 2.